The van der Waals surface area contributed by atoms with Gasteiger partial charge in [0.15, 0.2) is 0 Å². The summed E-state index contributed by atoms with van der Waals surface area (Å²) in [6, 6.07) is 6.84. The van der Waals surface area contributed by atoms with Gasteiger partial charge >= 0.3 is 17.9 Å². The summed E-state index contributed by atoms with van der Waals surface area (Å²) < 4.78 is 0. The Balaban J connectivity index is 2.93. The zero-order valence-corrected chi connectivity index (χ0v) is 17.2. The molecule has 29 heavy (non-hydrogen) atoms. The molecule has 9 nitrogen and oxygen atoms in total. The quantitative estimate of drug-likeness (QED) is 0.292. The Bertz CT molecular complexity index is 707. The minimum Gasteiger partial charge on any atom is -0.480 e. The summed E-state index contributed by atoms with van der Waals surface area (Å²) in [6.07, 6.45) is 0.349. The van der Waals surface area contributed by atoms with Crippen molar-refractivity contribution in [1.29, 1.82) is 0 Å². The molecule has 1 atom stereocenters. The first-order valence-electron chi connectivity index (χ1n) is 9.08. The molecule has 1 rings (SSSR count). The van der Waals surface area contributed by atoms with Crippen molar-refractivity contribution in [3.8, 4) is 0 Å². The molecule has 0 saturated heterocycles. The van der Waals surface area contributed by atoms with E-state index in [9.17, 15) is 14.4 Å². The topological polar surface area (TPSA) is 139 Å². The minimum absolute atomic E-state index is 0.129. The molecular formula is C19H27N3O6S. The number of carbonyl (C=O) groups is 3. The van der Waals surface area contributed by atoms with E-state index >= 15 is 0 Å². The average molecular weight is 426 g/mol. The second-order valence-corrected chi connectivity index (χ2v) is 7.36. The maximum Gasteiger partial charge on any atom is 0.317 e. The Kier molecular flexibility index (Phi) is 10.2. The lowest BCUT2D eigenvalue weighted by molar-refractivity contribution is -0.143. The van der Waals surface area contributed by atoms with Crippen LogP contribution in [-0.4, -0.2) is 75.3 Å². The Morgan fingerprint density at radius 3 is 2.00 bits per heavy atom. The van der Waals surface area contributed by atoms with Gasteiger partial charge in [0.2, 0.25) is 0 Å². The van der Waals surface area contributed by atoms with Crippen molar-refractivity contribution in [1.82, 2.24) is 10.2 Å². The lowest BCUT2D eigenvalue weighted by atomic mass is 10.0. The maximum atomic E-state index is 11.2. The highest BCUT2D eigenvalue weighted by Gasteiger charge is 2.23. The van der Waals surface area contributed by atoms with E-state index < -0.39 is 37.0 Å². The molecule has 0 bridgehead atoms. The van der Waals surface area contributed by atoms with Crippen molar-refractivity contribution in [3.05, 3.63) is 29.8 Å². The van der Waals surface area contributed by atoms with Crippen LogP contribution < -0.4 is 10.6 Å². The monoisotopic (exact) mass is 425 g/mol. The molecule has 1 aromatic rings. The third-order valence-corrected chi connectivity index (χ3v) is 4.64. The van der Waals surface area contributed by atoms with Crippen LogP contribution in [0, 0.1) is 5.92 Å². The number of anilines is 1. The molecule has 1 unspecified atom stereocenters. The van der Waals surface area contributed by atoms with Crippen LogP contribution in [0.5, 0.6) is 0 Å². The smallest absolute Gasteiger partial charge is 0.317 e. The van der Waals surface area contributed by atoms with E-state index in [1.54, 1.807) is 0 Å². The highest BCUT2D eigenvalue weighted by molar-refractivity contribution is 7.80. The number of nitrogens with zero attached hydrogens (tertiary/aromatic N) is 1. The molecule has 1 aromatic carbocycles. The summed E-state index contributed by atoms with van der Waals surface area (Å²) in [5.74, 6) is -3.16. The van der Waals surface area contributed by atoms with E-state index in [-0.39, 0.29) is 19.0 Å². The van der Waals surface area contributed by atoms with Crippen LogP contribution in [0.25, 0.3) is 0 Å². The Hall–Kier alpha value is -2.56. The Morgan fingerprint density at radius 1 is 1.00 bits per heavy atom. The van der Waals surface area contributed by atoms with Gasteiger partial charge in [-0.3, -0.25) is 19.3 Å². The maximum absolute atomic E-state index is 11.2. The van der Waals surface area contributed by atoms with E-state index in [0.29, 0.717) is 11.4 Å². The van der Waals surface area contributed by atoms with Crippen LogP contribution in [0.4, 0.5) is 5.69 Å². The predicted molar refractivity (Wildman–Crippen MR) is 112 cm³/mol. The molecule has 0 aliphatic heterocycles. The van der Waals surface area contributed by atoms with Crippen LogP contribution in [0.3, 0.4) is 0 Å². The van der Waals surface area contributed by atoms with Gasteiger partial charge in [0.1, 0.15) is 0 Å². The first kappa shape index (κ1) is 24.5. The van der Waals surface area contributed by atoms with Crippen LogP contribution in [0.15, 0.2) is 24.3 Å². The fraction of sp³-hybridized carbons (Fsp3) is 0.474. The fourth-order valence-electron chi connectivity index (χ4n) is 2.62. The number of rotatable bonds is 13. The van der Waals surface area contributed by atoms with Gasteiger partial charge in [-0.15, -0.1) is 0 Å². The van der Waals surface area contributed by atoms with E-state index in [4.69, 9.17) is 27.5 Å². The number of thiocarbonyl (C=S) groups is 1. The molecule has 0 saturated carbocycles. The predicted octanol–water partition coefficient (Wildman–Crippen LogP) is 1.14. The number of carboxylic acid groups (broad SMARTS) is 3. The molecule has 0 aliphatic rings. The highest BCUT2D eigenvalue weighted by Crippen LogP contribution is 2.15. The zero-order valence-electron chi connectivity index (χ0n) is 16.4. The zero-order chi connectivity index (χ0) is 22.0. The number of carboxylic acids is 3. The Morgan fingerprint density at radius 2 is 1.55 bits per heavy atom. The number of hydrogen-bond acceptors (Lipinski definition) is 6. The van der Waals surface area contributed by atoms with Crippen molar-refractivity contribution in [2.75, 3.05) is 31.5 Å². The lowest BCUT2D eigenvalue weighted by Crippen LogP contribution is -2.48. The standard InChI is InChI=1S/C19H27N3O6S/c1-12(2)19(29)21-14-5-3-13(4-6-14)7-15(8-20-9-16(23)24)22(10-17(25)26)11-18(27)28/h3-6,12,15,20H,7-11H2,1-2H3,(H,21,29)(H,23,24)(H,25,26)(H,27,28). The van der Waals surface area contributed by atoms with Crippen molar-refractivity contribution in [3.63, 3.8) is 0 Å². The van der Waals surface area contributed by atoms with Crippen LogP contribution >= 0.6 is 12.2 Å². The highest BCUT2D eigenvalue weighted by atomic mass is 32.1. The molecule has 0 amide bonds. The van der Waals surface area contributed by atoms with E-state index in [1.807, 2.05) is 38.1 Å². The van der Waals surface area contributed by atoms with Gasteiger partial charge in [-0.05, 0) is 24.1 Å². The summed E-state index contributed by atoms with van der Waals surface area (Å²) in [5, 5.41) is 32.9. The summed E-state index contributed by atoms with van der Waals surface area (Å²) in [5.41, 5.74) is 1.68. The van der Waals surface area contributed by atoms with Gasteiger partial charge in [0.05, 0.1) is 24.6 Å². The van der Waals surface area contributed by atoms with Crippen LogP contribution in [-0.2, 0) is 20.8 Å². The van der Waals surface area contributed by atoms with Crippen molar-refractivity contribution in [2.24, 2.45) is 5.92 Å². The van der Waals surface area contributed by atoms with Crippen LogP contribution in [0.1, 0.15) is 19.4 Å². The SMILES string of the molecule is CC(C)C(=S)Nc1ccc(CC(CNCC(=O)O)N(CC(=O)O)CC(=O)O)cc1. The van der Waals surface area contributed by atoms with Crippen molar-refractivity contribution < 1.29 is 29.7 Å². The van der Waals surface area contributed by atoms with Gasteiger partial charge in [0.25, 0.3) is 0 Å². The van der Waals surface area contributed by atoms with Gasteiger partial charge in [-0.25, -0.2) is 0 Å². The third kappa shape index (κ3) is 9.97. The minimum atomic E-state index is -1.16. The molecule has 0 heterocycles. The molecule has 0 radical (unpaired) electrons. The van der Waals surface area contributed by atoms with Crippen molar-refractivity contribution >= 4 is 40.8 Å². The Labute approximate surface area is 174 Å². The summed E-state index contributed by atoms with van der Waals surface area (Å²) in [6.45, 7) is 2.86. The van der Waals surface area contributed by atoms with Gasteiger partial charge in [0, 0.05) is 24.2 Å². The molecule has 0 aromatic heterocycles. The number of benzene rings is 1. The molecule has 160 valence electrons. The van der Waals surface area contributed by atoms with Gasteiger partial charge < -0.3 is 26.0 Å². The number of aliphatic carboxylic acids is 3. The second kappa shape index (κ2) is 12.1. The van der Waals surface area contributed by atoms with Crippen molar-refractivity contribution in [2.45, 2.75) is 26.3 Å². The molecule has 10 heteroatoms. The molecule has 5 N–H and O–H groups in total. The summed E-state index contributed by atoms with van der Waals surface area (Å²) in [7, 11) is 0. The summed E-state index contributed by atoms with van der Waals surface area (Å²) >= 11 is 5.26. The van der Waals surface area contributed by atoms with Gasteiger partial charge in [-0.1, -0.05) is 38.2 Å². The molecular weight excluding hydrogens is 398 g/mol. The van der Waals surface area contributed by atoms with E-state index in [1.165, 1.54) is 4.90 Å². The first-order chi connectivity index (χ1) is 13.6. The normalized spacial score (nSPS) is 12.0. The molecule has 0 aliphatic carbocycles. The molecule has 0 fully saturated rings. The third-order valence-electron chi connectivity index (χ3n) is 4.07. The largest absolute Gasteiger partial charge is 0.480 e. The van der Waals surface area contributed by atoms with Crippen LogP contribution in [0.2, 0.25) is 0 Å². The summed E-state index contributed by atoms with van der Waals surface area (Å²) in [4.78, 5) is 35.1. The first-order valence-corrected chi connectivity index (χ1v) is 9.49. The number of hydrogen-bond donors (Lipinski definition) is 5. The molecule has 0 spiro atoms. The average Bonchev–Trinajstić information content (AvgIpc) is 2.60. The second-order valence-electron chi connectivity index (χ2n) is 6.92. The van der Waals surface area contributed by atoms with E-state index in [2.05, 4.69) is 10.6 Å². The van der Waals surface area contributed by atoms with Gasteiger partial charge in [-0.2, -0.15) is 0 Å². The van der Waals surface area contributed by atoms with E-state index in [0.717, 1.165) is 11.3 Å². The fourth-order valence-corrected chi connectivity index (χ4v) is 2.74. The number of nitrogens with one attached hydrogen (secondary N) is 2. The lowest BCUT2D eigenvalue weighted by Gasteiger charge is -2.29.